The third-order valence-corrected chi connectivity index (χ3v) is 3.30. The van der Waals surface area contributed by atoms with E-state index >= 15 is 0 Å². The van der Waals surface area contributed by atoms with E-state index in [-0.39, 0.29) is 17.5 Å². The van der Waals surface area contributed by atoms with Gasteiger partial charge in [0.2, 0.25) is 5.88 Å². The maximum absolute atomic E-state index is 14.3. The quantitative estimate of drug-likeness (QED) is 0.769. The summed E-state index contributed by atoms with van der Waals surface area (Å²) >= 11 is 0. The summed E-state index contributed by atoms with van der Waals surface area (Å²) in [5.41, 5.74) is 7.97. The number of aromatic nitrogens is 1. The molecule has 0 saturated carbocycles. The van der Waals surface area contributed by atoms with Gasteiger partial charge in [0.05, 0.1) is 5.56 Å². The number of rotatable bonds is 2. The molecule has 0 spiro atoms. The van der Waals surface area contributed by atoms with E-state index in [1.165, 1.54) is 12.1 Å². The lowest BCUT2D eigenvalue weighted by molar-refractivity contribution is 0.439. The predicted molar refractivity (Wildman–Crippen MR) is 76.4 cm³/mol. The molecule has 0 saturated heterocycles. The van der Waals surface area contributed by atoms with Gasteiger partial charge in [-0.2, -0.15) is 0 Å². The van der Waals surface area contributed by atoms with Gasteiger partial charge in [0.1, 0.15) is 17.3 Å². The van der Waals surface area contributed by atoms with Gasteiger partial charge in [-0.15, -0.1) is 0 Å². The van der Waals surface area contributed by atoms with Crippen LogP contribution in [0.2, 0.25) is 0 Å². The van der Waals surface area contributed by atoms with Crippen LogP contribution in [0.3, 0.4) is 0 Å². The van der Waals surface area contributed by atoms with Crippen molar-refractivity contribution in [1.82, 2.24) is 5.16 Å². The van der Waals surface area contributed by atoms with Crippen LogP contribution in [-0.2, 0) is 0 Å². The Labute approximate surface area is 120 Å². The van der Waals surface area contributed by atoms with Crippen molar-refractivity contribution in [2.24, 2.45) is 0 Å². The SMILES string of the molecule is Cc1cccc(-c2noc(N)c2-c2ccc(F)cc2)c1F. The second-order valence-electron chi connectivity index (χ2n) is 4.71. The van der Waals surface area contributed by atoms with Gasteiger partial charge in [-0.05, 0) is 36.2 Å². The third-order valence-electron chi connectivity index (χ3n) is 3.30. The molecule has 2 aromatic carbocycles. The Bertz CT molecular complexity index is 795. The van der Waals surface area contributed by atoms with Gasteiger partial charge in [0.25, 0.3) is 0 Å². The van der Waals surface area contributed by atoms with E-state index in [0.717, 1.165) is 0 Å². The summed E-state index contributed by atoms with van der Waals surface area (Å²) in [5, 5.41) is 3.85. The molecule has 2 N–H and O–H groups in total. The van der Waals surface area contributed by atoms with E-state index in [0.29, 0.717) is 27.9 Å². The molecular weight excluding hydrogens is 274 g/mol. The second kappa shape index (κ2) is 5.01. The van der Waals surface area contributed by atoms with E-state index in [9.17, 15) is 8.78 Å². The van der Waals surface area contributed by atoms with Crippen molar-refractivity contribution in [3.63, 3.8) is 0 Å². The Morgan fingerprint density at radius 2 is 1.76 bits per heavy atom. The minimum absolute atomic E-state index is 0.0671. The predicted octanol–water partition coefficient (Wildman–Crippen LogP) is 4.18. The van der Waals surface area contributed by atoms with Gasteiger partial charge in [-0.1, -0.05) is 29.4 Å². The average Bonchev–Trinajstić information content (AvgIpc) is 2.85. The van der Waals surface area contributed by atoms with Crippen molar-refractivity contribution < 1.29 is 13.3 Å². The van der Waals surface area contributed by atoms with Gasteiger partial charge in [0, 0.05) is 5.56 Å². The first-order chi connectivity index (χ1) is 10.1. The molecule has 3 nitrogen and oxygen atoms in total. The number of aryl methyl sites for hydroxylation is 1. The molecule has 0 fully saturated rings. The maximum atomic E-state index is 14.3. The summed E-state index contributed by atoms with van der Waals surface area (Å²) in [6, 6.07) is 10.7. The third kappa shape index (κ3) is 2.27. The number of nitrogen functional groups attached to an aromatic ring is 1. The van der Waals surface area contributed by atoms with E-state index in [4.69, 9.17) is 10.3 Å². The molecule has 106 valence electrons. The Kier molecular flexibility index (Phi) is 3.17. The van der Waals surface area contributed by atoms with Gasteiger partial charge in [-0.3, -0.25) is 0 Å². The topological polar surface area (TPSA) is 52.0 Å². The highest BCUT2D eigenvalue weighted by Crippen LogP contribution is 2.37. The summed E-state index contributed by atoms with van der Waals surface area (Å²) in [7, 11) is 0. The van der Waals surface area contributed by atoms with Crippen molar-refractivity contribution in [2.75, 3.05) is 5.73 Å². The standard InChI is InChI=1S/C16H12F2N2O/c1-9-3-2-4-12(14(9)18)15-13(16(19)21-20-15)10-5-7-11(17)8-6-10/h2-8H,19H2,1H3. The van der Waals surface area contributed by atoms with Crippen molar-refractivity contribution in [3.8, 4) is 22.4 Å². The summed E-state index contributed by atoms with van der Waals surface area (Å²) in [6.07, 6.45) is 0. The first-order valence-corrected chi connectivity index (χ1v) is 6.34. The molecule has 3 rings (SSSR count). The van der Waals surface area contributed by atoms with Crippen molar-refractivity contribution in [2.45, 2.75) is 6.92 Å². The lowest BCUT2D eigenvalue weighted by atomic mass is 9.99. The zero-order valence-corrected chi connectivity index (χ0v) is 11.2. The summed E-state index contributed by atoms with van der Waals surface area (Å²) in [4.78, 5) is 0. The summed E-state index contributed by atoms with van der Waals surface area (Å²) < 4.78 is 32.3. The van der Waals surface area contributed by atoms with Gasteiger partial charge in [-0.25, -0.2) is 8.78 Å². The molecule has 1 aromatic heterocycles. The van der Waals surface area contributed by atoms with Gasteiger partial charge < -0.3 is 10.3 Å². The molecule has 0 radical (unpaired) electrons. The average molecular weight is 286 g/mol. The Balaban J connectivity index is 2.22. The highest BCUT2D eigenvalue weighted by atomic mass is 19.1. The summed E-state index contributed by atoms with van der Waals surface area (Å²) in [6.45, 7) is 1.67. The highest BCUT2D eigenvalue weighted by molar-refractivity contribution is 5.87. The molecule has 21 heavy (non-hydrogen) atoms. The number of hydrogen-bond acceptors (Lipinski definition) is 3. The smallest absolute Gasteiger partial charge is 0.230 e. The number of benzene rings is 2. The fourth-order valence-corrected chi connectivity index (χ4v) is 2.21. The monoisotopic (exact) mass is 286 g/mol. The maximum Gasteiger partial charge on any atom is 0.230 e. The number of hydrogen-bond donors (Lipinski definition) is 1. The molecule has 0 aliphatic heterocycles. The number of anilines is 1. The highest BCUT2D eigenvalue weighted by Gasteiger charge is 2.20. The number of nitrogens with two attached hydrogens (primary N) is 1. The minimum atomic E-state index is -0.380. The van der Waals surface area contributed by atoms with Crippen LogP contribution in [0.5, 0.6) is 0 Å². The molecule has 0 bridgehead atoms. The molecule has 0 aliphatic rings. The van der Waals surface area contributed by atoms with Crippen molar-refractivity contribution in [1.29, 1.82) is 0 Å². The Hall–Kier alpha value is -2.69. The lowest BCUT2D eigenvalue weighted by Crippen LogP contribution is -1.92. The van der Waals surface area contributed by atoms with Gasteiger partial charge >= 0.3 is 0 Å². The molecule has 0 atom stereocenters. The zero-order chi connectivity index (χ0) is 15.0. The molecule has 0 amide bonds. The number of halogens is 2. The van der Waals surface area contributed by atoms with Crippen LogP contribution in [0.15, 0.2) is 47.0 Å². The Morgan fingerprint density at radius 1 is 1.05 bits per heavy atom. The normalized spacial score (nSPS) is 10.8. The van der Waals surface area contributed by atoms with Crippen LogP contribution in [0.25, 0.3) is 22.4 Å². The van der Waals surface area contributed by atoms with E-state index in [1.807, 2.05) is 0 Å². The van der Waals surface area contributed by atoms with Crippen LogP contribution in [-0.4, -0.2) is 5.16 Å². The first kappa shape index (κ1) is 13.3. The fraction of sp³-hybridized carbons (Fsp3) is 0.0625. The summed E-state index contributed by atoms with van der Waals surface area (Å²) in [5.74, 6) is -0.677. The van der Waals surface area contributed by atoms with Crippen molar-refractivity contribution >= 4 is 5.88 Å². The van der Waals surface area contributed by atoms with Crippen LogP contribution in [0, 0.1) is 18.6 Å². The largest absolute Gasteiger partial charge is 0.367 e. The molecule has 3 aromatic rings. The number of nitrogens with zero attached hydrogens (tertiary/aromatic N) is 1. The molecule has 0 unspecified atom stereocenters. The molecular formula is C16H12F2N2O. The van der Waals surface area contributed by atoms with Crippen LogP contribution in [0.4, 0.5) is 14.7 Å². The van der Waals surface area contributed by atoms with Crippen LogP contribution in [0.1, 0.15) is 5.56 Å². The van der Waals surface area contributed by atoms with Crippen LogP contribution < -0.4 is 5.73 Å². The second-order valence-corrected chi connectivity index (χ2v) is 4.71. The van der Waals surface area contributed by atoms with Crippen LogP contribution >= 0.6 is 0 Å². The molecule has 1 heterocycles. The molecule has 0 aliphatic carbocycles. The molecule has 5 heteroatoms. The fourth-order valence-electron chi connectivity index (χ4n) is 2.21. The van der Waals surface area contributed by atoms with E-state index in [2.05, 4.69) is 5.16 Å². The minimum Gasteiger partial charge on any atom is -0.367 e. The van der Waals surface area contributed by atoms with Crippen molar-refractivity contribution in [3.05, 3.63) is 59.7 Å². The lowest BCUT2D eigenvalue weighted by Gasteiger charge is -2.05. The van der Waals surface area contributed by atoms with Gasteiger partial charge in [0.15, 0.2) is 0 Å². The zero-order valence-electron chi connectivity index (χ0n) is 11.2. The van der Waals surface area contributed by atoms with E-state index < -0.39 is 0 Å². The van der Waals surface area contributed by atoms with E-state index in [1.54, 1.807) is 37.3 Å². The first-order valence-electron chi connectivity index (χ1n) is 6.34. The Morgan fingerprint density at radius 3 is 2.48 bits per heavy atom.